The predicted molar refractivity (Wildman–Crippen MR) is 49.6 cm³/mol. The SMILES string of the molecule is CCC(CC(C)(O)O)[N+](C)(C)C. The quantitative estimate of drug-likeness (QED) is 0.485. The summed E-state index contributed by atoms with van der Waals surface area (Å²) in [6, 6.07) is 0.296. The average Bonchev–Trinajstić information content (AvgIpc) is 1.78. The van der Waals surface area contributed by atoms with Crippen molar-refractivity contribution in [3.63, 3.8) is 0 Å². The summed E-state index contributed by atoms with van der Waals surface area (Å²) >= 11 is 0. The Hall–Kier alpha value is -0.120. The Morgan fingerprint density at radius 2 is 1.67 bits per heavy atom. The highest BCUT2D eigenvalue weighted by Gasteiger charge is 2.29. The van der Waals surface area contributed by atoms with E-state index >= 15 is 0 Å². The first-order valence-electron chi connectivity index (χ1n) is 4.42. The first kappa shape index (κ1) is 11.9. The first-order chi connectivity index (χ1) is 5.17. The molecular weight excluding hydrogens is 154 g/mol. The van der Waals surface area contributed by atoms with Crippen molar-refractivity contribution in [1.82, 2.24) is 0 Å². The molecular formula is C9H22NO2+. The zero-order valence-electron chi connectivity index (χ0n) is 8.83. The normalized spacial score (nSPS) is 16.2. The van der Waals surface area contributed by atoms with E-state index in [2.05, 4.69) is 28.1 Å². The molecule has 0 heterocycles. The molecule has 0 rings (SSSR count). The van der Waals surface area contributed by atoms with Crippen LogP contribution in [0.1, 0.15) is 26.7 Å². The molecule has 0 aliphatic carbocycles. The van der Waals surface area contributed by atoms with E-state index in [0.29, 0.717) is 12.5 Å². The molecule has 1 unspecified atom stereocenters. The summed E-state index contributed by atoms with van der Waals surface area (Å²) < 4.78 is 0.771. The van der Waals surface area contributed by atoms with Gasteiger partial charge in [0, 0.05) is 0 Å². The van der Waals surface area contributed by atoms with Crippen LogP contribution in [0.5, 0.6) is 0 Å². The van der Waals surface area contributed by atoms with Crippen LogP contribution in [-0.2, 0) is 0 Å². The lowest BCUT2D eigenvalue weighted by Crippen LogP contribution is -2.48. The van der Waals surface area contributed by atoms with E-state index in [1.807, 2.05) is 0 Å². The monoisotopic (exact) mass is 176 g/mol. The molecule has 2 N–H and O–H groups in total. The van der Waals surface area contributed by atoms with Gasteiger partial charge >= 0.3 is 0 Å². The summed E-state index contributed by atoms with van der Waals surface area (Å²) in [6.45, 7) is 3.51. The van der Waals surface area contributed by atoms with Gasteiger partial charge in [0.25, 0.3) is 0 Å². The minimum Gasteiger partial charge on any atom is -0.366 e. The molecule has 0 saturated heterocycles. The molecule has 3 heteroatoms. The van der Waals surface area contributed by atoms with Crippen molar-refractivity contribution < 1.29 is 14.7 Å². The van der Waals surface area contributed by atoms with Crippen LogP contribution in [0.4, 0.5) is 0 Å². The number of aliphatic hydroxyl groups is 2. The molecule has 12 heavy (non-hydrogen) atoms. The highest BCUT2D eigenvalue weighted by Crippen LogP contribution is 2.18. The van der Waals surface area contributed by atoms with E-state index < -0.39 is 5.79 Å². The Kier molecular flexibility index (Phi) is 3.69. The van der Waals surface area contributed by atoms with Gasteiger partial charge < -0.3 is 14.7 Å². The molecule has 74 valence electrons. The maximum Gasteiger partial charge on any atom is 0.165 e. The maximum absolute atomic E-state index is 9.23. The third kappa shape index (κ3) is 4.70. The van der Waals surface area contributed by atoms with Gasteiger partial charge in [-0.05, 0) is 13.3 Å². The van der Waals surface area contributed by atoms with Crippen molar-refractivity contribution in [1.29, 1.82) is 0 Å². The fourth-order valence-corrected chi connectivity index (χ4v) is 1.41. The van der Waals surface area contributed by atoms with E-state index in [0.717, 1.165) is 10.9 Å². The van der Waals surface area contributed by atoms with Crippen molar-refractivity contribution in [2.75, 3.05) is 21.1 Å². The third-order valence-corrected chi connectivity index (χ3v) is 2.19. The lowest BCUT2D eigenvalue weighted by molar-refractivity contribution is -0.897. The first-order valence-corrected chi connectivity index (χ1v) is 4.42. The van der Waals surface area contributed by atoms with E-state index in [1.54, 1.807) is 0 Å². The highest BCUT2D eigenvalue weighted by molar-refractivity contribution is 4.65. The van der Waals surface area contributed by atoms with Gasteiger partial charge in [-0.2, -0.15) is 0 Å². The van der Waals surface area contributed by atoms with Crippen molar-refractivity contribution >= 4 is 0 Å². The molecule has 0 aromatic rings. The topological polar surface area (TPSA) is 40.5 Å². The van der Waals surface area contributed by atoms with Gasteiger partial charge in [0.2, 0.25) is 0 Å². The summed E-state index contributed by atoms with van der Waals surface area (Å²) in [5.74, 6) is -1.54. The predicted octanol–water partition coefficient (Wildman–Crippen LogP) is 0.562. The standard InChI is InChI=1S/C9H22NO2/c1-6-8(10(3,4)5)7-9(2,11)12/h8,11-12H,6-7H2,1-5H3/q+1. The molecule has 0 saturated carbocycles. The molecule has 0 aliphatic rings. The van der Waals surface area contributed by atoms with Crippen LogP contribution in [0.3, 0.4) is 0 Å². The van der Waals surface area contributed by atoms with Gasteiger partial charge in [-0.1, -0.05) is 6.92 Å². The van der Waals surface area contributed by atoms with Crippen LogP contribution in [0.15, 0.2) is 0 Å². The lowest BCUT2D eigenvalue weighted by Gasteiger charge is -2.36. The van der Waals surface area contributed by atoms with Gasteiger partial charge in [0.15, 0.2) is 5.79 Å². The Morgan fingerprint density at radius 3 is 1.75 bits per heavy atom. The summed E-state index contributed by atoms with van der Waals surface area (Å²) in [7, 11) is 6.21. The Labute approximate surface area is 75.2 Å². The van der Waals surface area contributed by atoms with E-state index in [1.165, 1.54) is 6.92 Å². The van der Waals surface area contributed by atoms with E-state index in [4.69, 9.17) is 0 Å². The molecule has 0 aromatic heterocycles. The number of hydrogen-bond donors (Lipinski definition) is 2. The fourth-order valence-electron chi connectivity index (χ4n) is 1.41. The van der Waals surface area contributed by atoms with Crippen LogP contribution < -0.4 is 0 Å². The number of nitrogens with zero attached hydrogens (tertiary/aromatic N) is 1. The Bertz CT molecular complexity index is 132. The molecule has 0 aromatic carbocycles. The number of hydrogen-bond acceptors (Lipinski definition) is 2. The largest absolute Gasteiger partial charge is 0.366 e. The van der Waals surface area contributed by atoms with Crippen LogP contribution in [0, 0.1) is 0 Å². The smallest absolute Gasteiger partial charge is 0.165 e. The minimum atomic E-state index is -1.54. The van der Waals surface area contributed by atoms with Crippen LogP contribution in [-0.4, -0.2) is 47.7 Å². The summed E-state index contributed by atoms with van der Waals surface area (Å²) in [6.07, 6.45) is 1.38. The second kappa shape index (κ2) is 3.73. The van der Waals surface area contributed by atoms with E-state index in [-0.39, 0.29) is 0 Å². The molecule has 0 spiro atoms. The molecule has 0 bridgehead atoms. The Balaban J connectivity index is 4.20. The summed E-state index contributed by atoms with van der Waals surface area (Å²) in [5, 5.41) is 18.5. The molecule has 1 atom stereocenters. The lowest BCUT2D eigenvalue weighted by atomic mass is 10.0. The Morgan fingerprint density at radius 1 is 1.25 bits per heavy atom. The van der Waals surface area contributed by atoms with Crippen LogP contribution in [0.25, 0.3) is 0 Å². The third-order valence-electron chi connectivity index (χ3n) is 2.19. The van der Waals surface area contributed by atoms with Crippen molar-refractivity contribution in [2.24, 2.45) is 0 Å². The van der Waals surface area contributed by atoms with E-state index in [9.17, 15) is 10.2 Å². The minimum absolute atomic E-state index is 0.296. The van der Waals surface area contributed by atoms with Gasteiger partial charge in [-0.25, -0.2) is 0 Å². The highest BCUT2D eigenvalue weighted by atomic mass is 16.5. The van der Waals surface area contributed by atoms with Crippen molar-refractivity contribution in [2.45, 2.75) is 38.5 Å². The molecule has 0 amide bonds. The summed E-state index contributed by atoms with van der Waals surface area (Å²) in [5.41, 5.74) is 0. The molecule has 3 nitrogen and oxygen atoms in total. The number of quaternary nitrogens is 1. The zero-order valence-corrected chi connectivity index (χ0v) is 8.83. The zero-order chi connectivity index (χ0) is 9.99. The second-order valence-electron chi connectivity index (χ2n) is 4.60. The number of rotatable bonds is 4. The second-order valence-corrected chi connectivity index (χ2v) is 4.60. The van der Waals surface area contributed by atoms with Crippen LogP contribution in [0.2, 0.25) is 0 Å². The van der Waals surface area contributed by atoms with Crippen molar-refractivity contribution in [3.05, 3.63) is 0 Å². The van der Waals surface area contributed by atoms with Gasteiger partial charge in [0.1, 0.15) is 0 Å². The van der Waals surface area contributed by atoms with Crippen molar-refractivity contribution in [3.8, 4) is 0 Å². The fraction of sp³-hybridized carbons (Fsp3) is 1.00. The molecule has 0 fully saturated rings. The molecule has 0 aliphatic heterocycles. The average molecular weight is 176 g/mol. The van der Waals surface area contributed by atoms with Gasteiger partial charge in [-0.15, -0.1) is 0 Å². The van der Waals surface area contributed by atoms with Gasteiger partial charge in [0.05, 0.1) is 33.6 Å². The van der Waals surface area contributed by atoms with Gasteiger partial charge in [-0.3, -0.25) is 0 Å². The molecule has 0 radical (unpaired) electrons. The van der Waals surface area contributed by atoms with Crippen LogP contribution >= 0.6 is 0 Å². The summed E-state index contributed by atoms with van der Waals surface area (Å²) in [4.78, 5) is 0. The maximum atomic E-state index is 9.23.